The molecule has 1 N–H and O–H groups in total. The van der Waals surface area contributed by atoms with E-state index in [1.54, 1.807) is 0 Å². The summed E-state index contributed by atoms with van der Waals surface area (Å²) < 4.78 is 0. The maximum atomic E-state index is 10.8. The normalized spacial score (nSPS) is 10.0. The first kappa shape index (κ1) is 12.6. The van der Waals surface area contributed by atoms with Crippen molar-refractivity contribution in [2.45, 2.75) is 13.8 Å². The zero-order valence-corrected chi connectivity index (χ0v) is 8.96. The van der Waals surface area contributed by atoms with E-state index in [-0.39, 0.29) is 11.1 Å². The van der Waals surface area contributed by atoms with Gasteiger partial charge in [0.25, 0.3) is 11.4 Å². The van der Waals surface area contributed by atoms with Crippen LogP contribution in [0, 0.1) is 34.1 Å². The molecule has 0 amide bonds. The standard InChI is InChI=1S/C9H8N2O6/c1-4-3-6(9(12)13)8(11(16)17)5(2)7(4)10(14)15/h3H,1-2H3,(H,12,13). The molecule has 0 radical (unpaired) electrons. The predicted octanol–water partition coefficient (Wildman–Crippen LogP) is 1.82. The fraction of sp³-hybridized carbons (Fsp3) is 0.222. The van der Waals surface area contributed by atoms with Crippen LogP contribution >= 0.6 is 0 Å². The summed E-state index contributed by atoms with van der Waals surface area (Å²) in [5.41, 5.74) is -1.89. The van der Waals surface area contributed by atoms with E-state index in [0.717, 1.165) is 13.0 Å². The van der Waals surface area contributed by atoms with Crippen molar-refractivity contribution in [3.63, 3.8) is 0 Å². The Bertz CT molecular complexity index is 537. The molecule has 1 aromatic rings. The van der Waals surface area contributed by atoms with Gasteiger partial charge in [0.1, 0.15) is 11.1 Å². The van der Waals surface area contributed by atoms with Crippen molar-refractivity contribution in [2.24, 2.45) is 0 Å². The second kappa shape index (κ2) is 4.16. The average Bonchev–Trinajstić information content (AvgIpc) is 2.14. The van der Waals surface area contributed by atoms with Crippen LogP contribution in [0.15, 0.2) is 6.07 Å². The fourth-order valence-corrected chi connectivity index (χ4v) is 1.64. The summed E-state index contributed by atoms with van der Waals surface area (Å²) in [5, 5.41) is 30.3. The van der Waals surface area contributed by atoms with E-state index in [1.807, 2.05) is 0 Å². The van der Waals surface area contributed by atoms with E-state index in [0.29, 0.717) is 0 Å². The Balaban J connectivity index is 3.76. The zero-order chi connectivity index (χ0) is 13.3. The van der Waals surface area contributed by atoms with Gasteiger partial charge in [-0.3, -0.25) is 20.2 Å². The van der Waals surface area contributed by atoms with Crippen molar-refractivity contribution >= 4 is 17.3 Å². The number of nitro groups is 2. The number of nitro benzene ring substituents is 2. The van der Waals surface area contributed by atoms with Gasteiger partial charge in [0.2, 0.25) is 0 Å². The number of hydrogen-bond acceptors (Lipinski definition) is 5. The van der Waals surface area contributed by atoms with Crippen molar-refractivity contribution in [1.29, 1.82) is 0 Å². The number of aromatic carboxylic acids is 1. The van der Waals surface area contributed by atoms with E-state index in [9.17, 15) is 25.0 Å². The second-order valence-electron chi connectivity index (χ2n) is 3.38. The lowest BCUT2D eigenvalue weighted by molar-refractivity contribution is -0.395. The predicted molar refractivity (Wildman–Crippen MR) is 56.2 cm³/mol. The first-order chi connectivity index (χ1) is 7.77. The molecule has 0 unspecified atom stereocenters. The highest BCUT2D eigenvalue weighted by atomic mass is 16.6. The summed E-state index contributed by atoms with van der Waals surface area (Å²) in [6.07, 6.45) is 0. The number of carbonyl (C=O) groups is 1. The van der Waals surface area contributed by atoms with Crippen LogP contribution in [0.2, 0.25) is 0 Å². The van der Waals surface area contributed by atoms with Crippen molar-refractivity contribution < 1.29 is 19.7 Å². The van der Waals surface area contributed by atoms with Crippen LogP contribution in [-0.2, 0) is 0 Å². The van der Waals surface area contributed by atoms with Crippen molar-refractivity contribution in [2.75, 3.05) is 0 Å². The summed E-state index contributed by atoms with van der Waals surface area (Å²) in [5.74, 6) is -1.49. The first-order valence-electron chi connectivity index (χ1n) is 4.43. The van der Waals surface area contributed by atoms with E-state index in [1.165, 1.54) is 6.92 Å². The molecule has 0 spiro atoms. The Morgan fingerprint density at radius 2 is 1.65 bits per heavy atom. The Hall–Kier alpha value is -2.51. The molecule has 1 aromatic carbocycles. The molecule has 8 nitrogen and oxygen atoms in total. The molecule has 0 bridgehead atoms. The summed E-state index contributed by atoms with van der Waals surface area (Å²) >= 11 is 0. The summed E-state index contributed by atoms with van der Waals surface area (Å²) in [7, 11) is 0. The molecule has 90 valence electrons. The van der Waals surface area contributed by atoms with Gasteiger partial charge in [-0.15, -0.1) is 0 Å². The molecule has 1 rings (SSSR count). The number of aryl methyl sites for hydroxylation is 1. The fourth-order valence-electron chi connectivity index (χ4n) is 1.64. The highest BCUT2D eigenvalue weighted by molar-refractivity contribution is 5.94. The molecule has 0 aliphatic heterocycles. The lowest BCUT2D eigenvalue weighted by Gasteiger charge is -2.05. The number of benzene rings is 1. The molecule has 0 aliphatic rings. The minimum absolute atomic E-state index is 0.0792. The summed E-state index contributed by atoms with van der Waals surface area (Å²) in [6, 6.07) is 0.936. The van der Waals surface area contributed by atoms with Crippen LogP contribution < -0.4 is 0 Å². The number of carboxylic acid groups (broad SMARTS) is 1. The maximum Gasteiger partial charge on any atom is 0.342 e. The van der Waals surface area contributed by atoms with Gasteiger partial charge in [-0.05, 0) is 19.9 Å². The highest BCUT2D eigenvalue weighted by Crippen LogP contribution is 2.34. The smallest absolute Gasteiger partial charge is 0.342 e. The third-order valence-electron chi connectivity index (χ3n) is 2.30. The van der Waals surface area contributed by atoms with E-state index < -0.39 is 32.8 Å². The maximum absolute atomic E-state index is 10.8. The topological polar surface area (TPSA) is 124 Å². The Morgan fingerprint density at radius 3 is 2.00 bits per heavy atom. The second-order valence-corrected chi connectivity index (χ2v) is 3.38. The van der Waals surface area contributed by atoms with E-state index in [2.05, 4.69) is 0 Å². The third-order valence-corrected chi connectivity index (χ3v) is 2.30. The molecule has 0 fully saturated rings. The van der Waals surface area contributed by atoms with E-state index >= 15 is 0 Å². The van der Waals surface area contributed by atoms with Gasteiger partial charge in [-0.25, -0.2) is 4.79 Å². The van der Waals surface area contributed by atoms with Gasteiger partial charge in [0.15, 0.2) is 0 Å². The largest absolute Gasteiger partial charge is 0.477 e. The molecule has 8 heteroatoms. The van der Waals surface area contributed by atoms with Crippen LogP contribution in [0.1, 0.15) is 21.5 Å². The molecule has 0 aromatic heterocycles. The highest BCUT2D eigenvalue weighted by Gasteiger charge is 2.31. The minimum Gasteiger partial charge on any atom is -0.477 e. The van der Waals surface area contributed by atoms with Gasteiger partial charge in [0.05, 0.1) is 9.85 Å². The zero-order valence-electron chi connectivity index (χ0n) is 8.96. The molecular formula is C9H8N2O6. The molecule has 0 saturated carbocycles. The molecule has 0 atom stereocenters. The monoisotopic (exact) mass is 240 g/mol. The molecule has 0 heterocycles. The molecule has 0 saturated heterocycles. The lowest BCUT2D eigenvalue weighted by Crippen LogP contribution is -2.08. The van der Waals surface area contributed by atoms with Gasteiger partial charge in [-0.2, -0.15) is 0 Å². The molecule has 17 heavy (non-hydrogen) atoms. The number of rotatable bonds is 3. The number of nitrogens with zero attached hydrogens (tertiary/aromatic N) is 2. The average molecular weight is 240 g/mol. The van der Waals surface area contributed by atoms with Crippen LogP contribution in [0.25, 0.3) is 0 Å². The molecular weight excluding hydrogens is 232 g/mol. The van der Waals surface area contributed by atoms with Gasteiger partial charge < -0.3 is 5.11 Å². The Labute approximate surface area is 94.8 Å². The summed E-state index contributed by atoms with van der Waals surface area (Å²) in [4.78, 5) is 30.6. The van der Waals surface area contributed by atoms with Gasteiger partial charge >= 0.3 is 5.97 Å². The van der Waals surface area contributed by atoms with Crippen LogP contribution in [0.5, 0.6) is 0 Å². The van der Waals surface area contributed by atoms with E-state index in [4.69, 9.17) is 5.11 Å². The lowest BCUT2D eigenvalue weighted by atomic mass is 10.0. The first-order valence-corrected chi connectivity index (χ1v) is 4.43. The van der Waals surface area contributed by atoms with Crippen LogP contribution in [0.4, 0.5) is 11.4 Å². The van der Waals surface area contributed by atoms with Crippen LogP contribution in [-0.4, -0.2) is 20.9 Å². The number of hydrogen-bond donors (Lipinski definition) is 1. The van der Waals surface area contributed by atoms with Gasteiger partial charge in [0, 0.05) is 5.56 Å². The van der Waals surface area contributed by atoms with Crippen molar-refractivity contribution in [3.05, 3.63) is 43.0 Å². The minimum atomic E-state index is -1.49. The number of carboxylic acids is 1. The van der Waals surface area contributed by atoms with Crippen LogP contribution in [0.3, 0.4) is 0 Å². The third kappa shape index (κ3) is 2.05. The quantitative estimate of drug-likeness (QED) is 0.634. The Kier molecular flexibility index (Phi) is 3.07. The SMILES string of the molecule is Cc1cc(C(=O)O)c([N+](=O)[O-])c(C)c1[N+](=O)[O-]. The van der Waals surface area contributed by atoms with Gasteiger partial charge in [-0.1, -0.05) is 0 Å². The van der Waals surface area contributed by atoms with Crippen molar-refractivity contribution in [1.82, 2.24) is 0 Å². The summed E-state index contributed by atoms with van der Waals surface area (Å²) in [6.45, 7) is 2.50. The van der Waals surface area contributed by atoms with Crippen molar-refractivity contribution in [3.8, 4) is 0 Å². The Morgan fingerprint density at radius 1 is 1.18 bits per heavy atom. The molecule has 0 aliphatic carbocycles.